The molecule has 0 aliphatic heterocycles. The smallest absolute Gasteiger partial charge is 0.254 e. The molecule has 3 N–H and O–H groups in total. The summed E-state index contributed by atoms with van der Waals surface area (Å²) in [5.74, 6) is 0.557. The summed E-state index contributed by atoms with van der Waals surface area (Å²) in [6.07, 6.45) is 2.28. The van der Waals surface area contributed by atoms with Gasteiger partial charge < -0.3 is 20.2 Å². The Morgan fingerprint density at radius 2 is 2.47 bits per heavy atom. The number of aryl methyl sites for hydroxylation is 1. The fraction of sp³-hybridized carbons (Fsp3) is 0.583. The van der Waals surface area contributed by atoms with Crippen molar-refractivity contribution in [2.45, 2.75) is 38.5 Å². The maximum atomic E-state index is 11.9. The highest BCUT2D eigenvalue weighted by Gasteiger charge is 2.40. The van der Waals surface area contributed by atoms with Gasteiger partial charge in [0.2, 0.25) is 0 Å². The Hall–Kier alpha value is -1.33. The first-order valence-corrected chi connectivity index (χ1v) is 5.85. The fourth-order valence-electron chi connectivity index (χ4n) is 2.02. The van der Waals surface area contributed by atoms with Gasteiger partial charge in [-0.2, -0.15) is 0 Å². The monoisotopic (exact) mass is 238 g/mol. The first-order chi connectivity index (χ1) is 8.11. The first kappa shape index (κ1) is 12.1. The van der Waals surface area contributed by atoms with Crippen LogP contribution in [0, 0.1) is 6.92 Å². The molecule has 94 valence electrons. The predicted molar refractivity (Wildman–Crippen MR) is 62.7 cm³/mol. The van der Waals surface area contributed by atoms with Crippen molar-refractivity contribution in [1.29, 1.82) is 0 Å². The van der Waals surface area contributed by atoms with Crippen LogP contribution in [0.2, 0.25) is 0 Å². The summed E-state index contributed by atoms with van der Waals surface area (Å²) in [4.78, 5) is 11.9. The maximum absolute atomic E-state index is 11.9. The zero-order valence-electron chi connectivity index (χ0n) is 10.1. The lowest BCUT2D eigenvalue weighted by molar-refractivity contribution is -0.0300. The number of furan rings is 1. The number of carbonyl (C=O) groups excluding carboxylic acids is 1. The number of nitrogens with one attached hydrogen (secondary N) is 1. The summed E-state index contributed by atoms with van der Waals surface area (Å²) < 4.78 is 10.6. The fourth-order valence-corrected chi connectivity index (χ4v) is 2.02. The molecule has 0 spiro atoms. The number of hydrogen-bond acceptors (Lipinski definition) is 4. The molecule has 17 heavy (non-hydrogen) atoms. The maximum Gasteiger partial charge on any atom is 0.254 e. The third-order valence-corrected chi connectivity index (χ3v) is 3.04. The van der Waals surface area contributed by atoms with Gasteiger partial charge in [-0.25, -0.2) is 0 Å². The number of carbonyl (C=O) groups is 1. The highest BCUT2D eigenvalue weighted by Crippen LogP contribution is 2.23. The van der Waals surface area contributed by atoms with Gasteiger partial charge in [0, 0.05) is 12.6 Å². The molecule has 1 aliphatic carbocycles. The van der Waals surface area contributed by atoms with Gasteiger partial charge in [0.15, 0.2) is 0 Å². The molecule has 5 heteroatoms. The zero-order valence-corrected chi connectivity index (χ0v) is 10.1. The number of rotatable bonds is 4. The van der Waals surface area contributed by atoms with E-state index in [0.29, 0.717) is 12.2 Å². The van der Waals surface area contributed by atoms with Gasteiger partial charge in [-0.1, -0.05) is 0 Å². The van der Waals surface area contributed by atoms with E-state index < -0.39 is 0 Å². The standard InChI is InChI=1S/C12H18N2O3/c1-3-16-10-5-9(13)11(10)14-12(15)8-4-7(2)17-6-8/h4,6,9-11H,3,5,13H2,1-2H3,(H,14,15). The molecule has 0 bridgehead atoms. The topological polar surface area (TPSA) is 77.5 Å². The lowest BCUT2D eigenvalue weighted by atomic mass is 9.83. The SMILES string of the molecule is CCOC1CC(N)C1NC(=O)c1coc(C)c1. The van der Waals surface area contributed by atoms with Crippen LogP contribution in [0.1, 0.15) is 29.5 Å². The second kappa shape index (κ2) is 4.89. The minimum atomic E-state index is -0.160. The van der Waals surface area contributed by atoms with E-state index in [2.05, 4.69) is 5.32 Å². The van der Waals surface area contributed by atoms with Crippen molar-refractivity contribution in [3.8, 4) is 0 Å². The Balaban J connectivity index is 1.94. The number of ether oxygens (including phenoxy) is 1. The van der Waals surface area contributed by atoms with Gasteiger partial charge in [0.25, 0.3) is 5.91 Å². The third-order valence-electron chi connectivity index (χ3n) is 3.04. The molecule has 1 heterocycles. The highest BCUT2D eigenvalue weighted by atomic mass is 16.5. The van der Waals surface area contributed by atoms with Gasteiger partial charge in [0.1, 0.15) is 12.0 Å². The Morgan fingerprint density at radius 1 is 1.71 bits per heavy atom. The molecule has 0 saturated heterocycles. The first-order valence-electron chi connectivity index (χ1n) is 5.85. The summed E-state index contributed by atoms with van der Waals surface area (Å²) in [5.41, 5.74) is 6.38. The minimum absolute atomic E-state index is 0.0245. The van der Waals surface area contributed by atoms with Crippen LogP contribution in [0.4, 0.5) is 0 Å². The number of amides is 1. The van der Waals surface area contributed by atoms with E-state index in [9.17, 15) is 4.79 Å². The van der Waals surface area contributed by atoms with Crippen molar-refractivity contribution in [1.82, 2.24) is 5.32 Å². The molecular formula is C12H18N2O3. The van der Waals surface area contributed by atoms with Crippen molar-refractivity contribution in [3.63, 3.8) is 0 Å². The van der Waals surface area contributed by atoms with Crippen LogP contribution in [0.25, 0.3) is 0 Å². The Kier molecular flexibility index (Phi) is 3.49. The lowest BCUT2D eigenvalue weighted by Crippen LogP contribution is -2.64. The van der Waals surface area contributed by atoms with Crippen LogP contribution in [0.5, 0.6) is 0 Å². The van der Waals surface area contributed by atoms with E-state index in [0.717, 1.165) is 12.2 Å². The molecule has 0 aromatic carbocycles. The molecule has 1 aromatic rings. The second-order valence-corrected chi connectivity index (χ2v) is 4.34. The van der Waals surface area contributed by atoms with E-state index in [1.165, 1.54) is 6.26 Å². The van der Waals surface area contributed by atoms with Crippen molar-refractivity contribution < 1.29 is 13.9 Å². The van der Waals surface area contributed by atoms with Gasteiger partial charge in [-0.15, -0.1) is 0 Å². The van der Waals surface area contributed by atoms with Crippen LogP contribution < -0.4 is 11.1 Å². The molecule has 1 amide bonds. The lowest BCUT2D eigenvalue weighted by Gasteiger charge is -2.42. The Bertz CT molecular complexity index is 400. The van der Waals surface area contributed by atoms with E-state index in [1.54, 1.807) is 13.0 Å². The quantitative estimate of drug-likeness (QED) is 0.814. The summed E-state index contributed by atoms with van der Waals surface area (Å²) in [6, 6.07) is 1.58. The van der Waals surface area contributed by atoms with Crippen molar-refractivity contribution >= 4 is 5.91 Å². The Labute approximate surface area is 100 Å². The van der Waals surface area contributed by atoms with Crippen LogP contribution in [-0.4, -0.2) is 30.7 Å². The van der Waals surface area contributed by atoms with Crippen molar-refractivity contribution in [2.24, 2.45) is 5.73 Å². The summed E-state index contributed by atoms with van der Waals surface area (Å²) >= 11 is 0. The Morgan fingerprint density at radius 3 is 3.00 bits per heavy atom. The molecule has 2 rings (SSSR count). The molecular weight excluding hydrogens is 220 g/mol. The van der Waals surface area contributed by atoms with Gasteiger partial charge in [-0.3, -0.25) is 4.79 Å². The molecule has 1 saturated carbocycles. The van der Waals surface area contributed by atoms with E-state index in [-0.39, 0.29) is 24.1 Å². The van der Waals surface area contributed by atoms with E-state index in [1.807, 2.05) is 6.92 Å². The molecule has 3 unspecified atom stereocenters. The molecule has 0 radical (unpaired) electrons. The largest absolute Gasteiger partial charge is 0.469 e. The second-order valence-electron chi connectivity index (χ2n) is 4.34. The number of hydrogen-bond donors (Lipinski definition) is 2. The van der Waals surface area contributed by atoms with Gasteiger partial charge in [-0.05, 0) is 26.3 Å². The molecule has 1 aliphatic rings. The van der Waals surface area contributed by atoms with Crippen LogP contribution >= 0.6 is 0 Å². The number of nitrogens with two attached hydrogens (primary N) is 1. The zero-order chi connectivity index (χ0) is 12.4. The van der Waals surface area contributed by atoms with E-state index in [4.69, 9.17) is 14.9 Å². The normalized spacial score (nSPS) is 27.6. The average molecular weight is 238 g/mol. The average Bonchev–Trinajstić information content (AvgIpc) is 2.72. The molecule has 1 aromatic heterocycles. The minimum Gasteiger partial charge on any atom is -0.469 e. The summed E-state index contributed by atoms with van der Waals surface area (Å²) in [5, 5.41) is 2.88. The van der Waals surface area contributed by atoms with Crippen LogP contribution in [-0.2, 0) is 4.74 Å². The molecule has 1 fully saturated rings. The summed E-state index contributed by atoms with van der Waals surface area (Å²) in [6.45, 7) is 4.37. The summed E-state index contributed by atoms with van der Waals surface area (Å²) in [7, 11) is 0. The van der Waals surface area contributed by atoms with Crippen molar-refractivity contribution in [2.75, 3.05) is 6.61 Å². The van der Waals surface area contributed by atoms with E-state index >= 15 is 0 Å². The molecule has 5 nitrogen and oxygen atoms in total. The third kappa shape index (κ3) is 2.50. The predicted octanol–water partition coefficient (Wildman–Crippen LogP) is 0.823. The molecule has 3 atom stereocenters. The van der Waals surface area contributed by atoms with Gasteiger partial charge >= 0.3 is 0 Å². The van der Waals surface area contributed by atoms with Gasteiger partial charge in [0.05, 0.1) is 17.7 Å². The van der Waals surface area contributed by atoms with Crippen LogP contribution in [0.3, 0.4) is 0 Å². The van der Waals surface area contributed by atoms with Crippen LogP contribution in [0.15, 0.2) is 16.7 Å². The van der Waals surface area contributed by atoms with Crippen molar-refractivity contribution in [3.05, 3.63) is 23.7 Å². The highest BCUT2D eigenvalue weighted by molar-refractivity contribution is 5.94.